The normalized spacial score (nSPS) is 13.6. The van der Waals surface area contributed by atoms with E-state index in [4.69, 9.17) is 4.42 Å². The molecule has 0 atom stereocenters. The van der Waals surface area contributed by atoms with Gasteiger partial charge in [0.25, 0.3) is 5.91 Å². The highest BCUT2D eigenvalue weighted by molar-refractivity contribution is 7.98. The molecule has 1 amide bonds. The number of hydrogen-bond donors (Lipinski definition) is 1. The number of thioether (sulfide) groups is 1. The van der Waals surface area contributed by atoms with Crippen LogP contribution >= 0.6 is 23.1 Å². The summed E-state index contributed by atoms with van der Waals surface area (Å²) in [5.41, 5.74) is 1.32. The second-order valence-corrected chi connectivity index (χ2v) is 5.94. The Bertz CT molecular complexity index is 509. The zero-order valence-electron chi connectivity index (χ0n) is 9.06. The van der Waals surface area contributed by atoms with Crippen molar-refractivity contribution in [3.05, 3.63) is 45.5 Å². The molecule has 1 aliphatic rings. The molecule has 3 heterocycles. The van der Waals surface area contributed by atoms with Gasteiger partial charge in [-0.2, -0.15) is 11.8 Å². The lowest BCUT2D eigenvalue weighted by Crippen LogP contribution is -2.21. The summed E-state index contributed by atoms with van der Waals surface area (Å²) in [5.74, 6) is 2.85. The predicted octanol–water partition coefficient (Wildman–Crippen LogP) is 3.02. The van der Waals surface area contributed by atoms with E-state index in [-0.39, 0.29) is 5.91 Å². The highest BCUT2D eigenvalue weighted by Gasteiger charge is 2.18. The third-order valence-electron chi connectivity index (χ3n) is 2.61. The lowest BCUT2D eigenvalue weighted by Gasteiger charge is -2.00. The number of thiophene rings is 1. The molecule has 0 fully saturated rings. The molecule has 88 valence electrons. The Balaban J connectivity index is 1.65. The Kier molecular flexibility index (Phi) is 2.94. The first-order chi connectivity index (χ1) is 8.33. The van der Waals surface area contributed by atoms with Crippen LogP contribution in [0, 0.1) is 0 Å². The van der Waals surface area contributed by atoms with E-state index < -0.39 is 0 Å². The van der Waals surface area contributed by atoms with Crippen molar-refractivity contribution in [2.24, 2.45) is 0 Å². The molecule has 0 saturated heterocycles. The molecule has 1 N–H and O–H groups in total. The summed E-state index contributed by atoms with van der Waals surface area (Å²) in [6.45, 7) is 0.448. The molecule has 0 spiro atoms. The van der Waals surface area contributed by atoms with E-state index in [2.05, 4.69) is 5.32 Å². The van der Waals surface area contributed by atoms with Gasteiger partial charge in [0.05, 0.1) is 17.7 Å². The van der Waals surface area contributed by atoms with Gasteiger partial charge in [0.1, 0.15) is 5.76 Å². The van der Waals surface area contributed by atoms with E-state index in [1.807, 2.05) is 30.0 Å². The number of amides is 1. The van der Waals surface area contributed by atoms with Gasteiger partial charge in [-0.15, -0.1) is 11.3 Å². The summed E-state index contributed by atoms with van der Waals surface area (Å²) in [6.07, 6.45) is 1.61. The number of nitrogens with one attached hydrogen (secondary N) is 1. The minimum atomic E-state index is -0.00852. The number of carbonyl (C=O) groups excluding carboxylic acids is 1. The van der Waals surface area contributed by atoms with Gasteiger partial charge in [0, 0.05) is 16.4 Å². The number of carbonyl (C=O) groups is 1. The number of hydrogen-bond acceptors (Lipinski definition) is 4. The first-order valence-corrected chi connectivity index (χ1v) is 7.30. The van der Waals surface area contributed by atoms with Crippen molar-refractivity contribution in [3.63, 3.8) is 0 Å². The van der Waals surface area contributed by atoms with E-state index in [1.165, 1.54) is 10.4 Å². The van der Waals surface area contributed by atoms with Gasteiger partial charge in [-0.25, -0.2) is 0 Å². The Hall–Kier alpha value is -1.20. The van der Waals surface area contributed by atoms with Crippen LogP contribution in [0.1, 0.15) is 25.9 Å². The van der Waals surface area contributed by atoms with Crippen LogP contribution in [0.25, 0.3) is 0 Å². The van der Waals surface area contributed by atoms with Gasteiger partial charge in [-0.1, -0.05) is 0 Å². The fraction of sp³-hybridized carbons (Fsp3) is 0.250. The average molecular weight is 265 g/mol. The van der Waals surface area contributed by atoms with Gasteiger partial charge >= 0.3 is 0 Å². The number of furan rings is 1. The minimum Gasteiger partial charge on any atom is -0.467 e. The fourth-order valence-corrected chi connectivity index (χ4v) is 4.17. The summed E-state index contributed by atoms with van der Waals surface area (Å²) in [5, 5.41) is 2.86. The molecule has 0 unspecified atom stereocenters. The van der Waals surface area contributed by atoms with Crippen LogP contribution in [0.4, 0.5) is 0 Å². The second-order valence-electron chi connectivity index (χ2n) is 3.81. The van der Waals surface area contributed by atoms with Crippen molar-refractivity contribution in [2.75, 3.05) is 0 Å². The van der Waals surface area contributed by atoms with Gasteiger partial charge in [-0.05, 0) is 23.8 Å². The maximum atomic E-state index is 11.9. The molecule has 3 rings (SSSR count). The van der Waals surface area contributed by atoms with E-state index in [1.54, 1.807) is 17.6 Å². The molecule has 0 bridgehead atoms. The van der Waals surface area contributed by atoms with Crippen molar-refractivity contribution in [3.8, 4) is 0 Å². The highest BCUT2D eigenvalue weighted by atomic mass is 32.2. The molecule has 0 saturated carbocycles. The van der Waals surface area contributed by atoms with Crippen molar-refractivity contribution < 1.29 is 9.21 Å². The second kappa shape index (κ2) is 4.58. The van der Waals surface area contributed by atoms with Crippen LogP contribution in [0.2, 0.25) is 0 Å². The summed E-state index contributed by atoms with van der Waals surface area (Å²) in [4.78, 5) is 14.0. The summed E-state index contributed by atoms with van der Waals surface area (Å²) in [7, 11) is 0. The first-order valence-electron chi connectivity index (χ1n) is 5.33. The fourth-order valence-electron chi connectivity index (χ4n) is 1.74. The maximum absolute atomic E-state index is 11.9. The molecule has 0 radical (unpaired) electrons. The van der Waals surface area contributed by atoms with Crippen LogP contribution in [0.3, 0.4) is 0 Å². The van der Waals surface area contributed by atoms with Gasteiger partial charge < -0.3 is 9.73 Å². The Morgan fingerprint density at radius 1 is 1.47 bits per heavy atom. The average Bonchev–Trinajstić information content (AvgIpc) is 3.01. The largest absolute Gasteiger partial charge is 0.467 e. The van der Waals surface area contributed by atoms with Gasteiger partial charge in [0.15, 0.2) is 0 Å². The molecular formula is C12H11NO2S2. The smallest absolute Gasteiger partial charge is 0.261 e. The molecular weight excluding hydrogens is 254 g/mol. The summed E-state index contributed by atoms with van der Waals surface area (Å²) in [6, 6.07) is 5.68. The number of rotatable bonds is 3. The topological polar surface area (TPSA) is 42.2 Å². The Morgan fingerprint density at radius 2 is 2.41 bits per heavy atom. The lowest BCUT2D eigenvalue weighted by molar-refractivity contribution is 0.0952. The highest BCUT2D eigenvalue weighted by Crippen LogP contribution is 2.36. The minimum absolute atomic E-state index is 0.00852. The van der Waals surface area contributed by atoms with Crippen molar-refractivity contribution in [1.82, 2.24) is 5.32 Å². The first kappa shape index (κ1) is 10.9. The summed E-state index contributed by atoms with van der Waals surface area (Å²) < 4.78 is 5.17. The van der Waals surface area contributed by atoms with Crippen LogP contribution in [0.5, 0.6) is 0 Å². The zero-order valence-corrected chi connectivity index (χ0v) is 10.7. The number of fused-ring (bicyclic) bond motifs is 1. The third kappa shape index (κ3) is 2.25. The van der Waals surface area contributed by atoms with Crippen LogP contribution < -0.4 is 5.32 Å². The van der Waals surface area contributed by atoms with E-state index in [9.17, 15) is 4.79 Å². The quantitative estimate of drug-likeness (QED) is 0.927. The van der Waals surface area contributed by atoms with Gasteiger partial charge in [0.2, 0.25) is 0 Å². The molecule has 1 aliphatic heterocycles. The molecule has 0 aromatic carbocycles. The Labute approximate surface area is 107 Å². The predicted molar refractivity (Wildman–Crippen MR) is 69.2 cm³/mol. The molecule has 5 heteroatoms. The molecule has 17 heavy (non-hydrogen) atoms. The van der Waals surface area contributed by atoms with Crippen molar-refractivity contribution in [2.45, 2.75) is 18.1 Å². The van der Waals surface area contributed by atoms with E-state index >= 15 is 0 Å². The monoisotopic (exact) mass is 265 g/mol. The molecule has 2 aromatic heterocycles. The third-order valence-corrected chi connectivity index (χ3v) is 4.98. The van der Waals surface area contributed by atoms with E-state index in [0.717, 1.165) is 22.1 Å². The summed E-state index contributed by atoms with van der Waals surface area (Å²) >= 11 is 3.51. The van der Waals surface area contributed by atoms with Crippen molar-refractivity contribution in [1.29, 1.82) is 0 Å². The zero-order chi connectivity index (χ0) is 11.7. The van der Waals surface area contributed by atoms with Crippen molar-refractivity contribution >= 4 is 29.0 Å². The molecule has 2 aromatic rings. The Morgan fingerprint density at radius 3 is 3.18 bits per heavy atom. The lowest BCUT2D eigenvalue weighted by atomic mass is 10.3. The molecule has 3 nitrogen and oxygen atoms in total. The standard InChI is InChI=1S/C12H11NO2S2/c14-12(13-5-9-2-1-3-15-9)10-4-8-6-16-7-11(8)17-10/h1-4H,5-7H2,(H,13,14). The van der Waals surface area contributed by atoms with Crippen LogP contribution in [-0.2, 0) is 18.1 Å². The van der Waals surface area contributed by atoms with Gasteiger partial charge in [-0.3, -0.25) is 4.79 Å². The molecule has 0 aliphatic carbocycles. The van der Waals surface area contributed by atoms with E-state index in [0.29, 0.717) is 6.54 Å². The maximum Gasteiger partial charge on any atom is 0.261 e. The van der Waals surface area contributed by atoms with Crippen LogP contribution in [0.15, 0.2) is 28.9 Å². The SMILES string of the molecule is O=C(NCc1ccco1)c1cc2c(s1)CSC2. The van der Waals surface area contributed by atoms with Crippen LogP contribution in [-0.4, -0.2) is 5.91 Å².